The molecule has 0 aliphatic carbocycles. The molecule has 0 saturated heterocycles. The van der Waals surface area contributed by atoms with E-state index in [2.05, 4.69) is 5.32 Å². The van der Waals surface area contributed by atoms with Gasteiger partial charge in [0.15, 0.2) is 6.23 Å². The molecule has 1 atom stereocenters. The Morgan fingerprint density at radius 3 is 2.33 bits per heavy atom. The van der Waals surface area contributed by atoms with Crippen LogP contribution in [0.25, 0.3) is 0 Å². The van der Waals surface area contributed by atoms with Crippen LogP contribution in [0.3, 0.4) is 0 Å². The van der Waals surface area contributed by atoms with Crippen LogP contribution in [0.1, 0.15) is 29.1 Å². The standard InChI is InChI=1S/C17H19NO3/c1-3-21-17(14-9-11-15(20-2)12-10-14)18-16(19)13-7-5-4-6-8-13/h4-12,17H,3H2,1-2H3,(H,18,19). The summed E-state index contributed by atoms with van der Waals surface area (Å²) in [5.74, 6) is 0.605. The minimum Gasteiger partial charge on any atom is -0.497 e. The summed E-state index contributed by atoms with van der Waals surface area (Å²) in [4.78, 5) is 12.2. The molecular formula is C17H19NO3. The molecule has 21 heavy (non-hydrogen) atoms. The van der Waals surface area contributed by atoms with E-state index in [0.29, 0.717) is 12.2 Å². The van der Waals surface area contributed by atoms with Crippen molar-refractivity contribution in [3.63, 3.8) is 0 Å². The summed E-state index contributed by atoms with van der Waals surface area (Å²) in [5, 5.41) is 2.89. The van der Waals surface area contributed by atoms with Gasteiger partial charge in [0.25, 0.3) is 5.91 Å². The fourth-order valence-electron chi connectivity index (χ4n) is 1.96. The predicted octanol–water partition coefficient (Wildman–Crippen LogP) is 3.16. The highest BCUT2D eigenvalue weighted by Gasteiger charge is 2.15. The maximum Gasteiger partial charge on any atom is 0.253 e. The molecule has 2 rings (SSSR count). The molecule has 4 heteroatoms. The number of amides is 1. The van der Waals surface area contributed by atoms with Gasteiger partial charge in [0, 0.05) is 17.7 Å². The summed E-state index contributed by atoms with van der Waals surface area (Å²) in [7, 11) is 1.62. The molecule has 1 N–H and O–H groups in total. The Kier molecular flexibility index (Phi) is 5.35. The van der Waals surface area contributed by atoms with Gasteiger partial charge >= 0.3 is 0 Å². The summed E-state index contributed by atoms with van der Waals surface area (Å²) in [6.45, 7) is 2.40. The fourth-order valence-corrected chi connectivity index (χ4v) is 1.96. The van der Waals surface area contributed by atoms with E-state index < -0.39 is 6.23 Å². The molecule has 1 unspecified atom stereocenters. The van der Waals surface area contributed by atoms with Crippen molar-refractivity contribution in [3.05, 3.63) is 65.7 Å². The van der Waals surface area contributed by atoms with Crippen molar-refractivity contribution in [2.45, 2.75) is 13.2 Å². The lowest BCUT2D eigenvalue weighted by Gasteiger charge is -2.19. The van der Waals surface area contributed by atoms with Crippen LogP contribution in [0.4, 0.5) is 0 Å². The van der Waals surface area contributed by atoms with Gasteiger partial charge in [-0.1, -0.05) is 30.3 Å². The number of methoxy groups -OCH3 is 1. The molecule has 0 aromatic heterocycles. The summed E-state index contributed by atoms with van der Waals surface area (Å²) in [5.41, 5.74) is 1.48. The number of benzene rings is 2. The van der Waals surface area contributed by atoms with Crippen LogP contribution >= 0.6 is 0 Å². The van der Waals surface area contributed by atoms with Crippen LogP contribution in [0.2, 0.25) is 0 Å². The molecule has 0 aliphatic heterocycles. The van der Waals surface area contributed by atoms with Crippen molar-refractivity contribution >= 4 is 5.91 Å². The minimum absolute atomic E-state index is 0.162. The SMILES string of the molecule is CCOC(NC(=O)c1ccccc1)c1ccc(OC)cc1. The highest BCUT2D eigenvalue weighted by molar-refractivity contribution is 5.94. The monoisotopic (exact) mass is 285 g/mol. The van der Waals surface area contributed by atoms with Gasteiger partial charge in [-0.25, -0.2) is 0 Å². The van der Waals surface area contributed by atoms with Gasteiger partial charge in [0.1, 0.15) is 5.75 Å². The molecule has 0 spiro atoms. The van der Waals surface area contributed by atoms with E-state index in [1.54, 1.807) is 19.2 Å². The second kappa shape index (κ2) is 7.45. The van der Waals surface area contributed by atoms with Crippen molar-refractivity contribution in [3.8, 4) is 5.75 Å². The number of carbonyl (C=O) groups excluding carboxylic acids is 1. The number of ether oxygens (including phenoxy) is 2. The maximum absolute atomic E-state index is 12.2. The van der Waals surface area contributed by atoms with Crippen molar-refractivity contribution in [2.75, 3.05) is 13.7 Å². The zero-order valence-electron chi connectivity index (χ0n) is 12.2. The van der Waals surface area contributed by atoms with E-state index in [1.165, 1.54) is 0 Å². The summed E-state index contributed by atoms with van der Waals surface area (Å²) >= 11 is 0. The Bertz CT molecular complexity index is 566. The van der Waals surface area contributed by atoms with E-state index in [-0.39, 0.29) is 5.91 Å². The number of nitrogens with one attached hydrogen (secondary N) is 1. The van der Waals surface area contributed by atoms with E-state index in [4.69, 9.17) is 9.47 Å². The number of hydrogen-bond donors (Lipinski definition) is 1. The number of hydrogen-bond acceptors (Lipinski definition) is 3. The van der Waals surface area contributed by atoms with Gasteiger partial charge < -0.3 is 14.8 Å². The van der Waals surface area contributed by atoms with Gasteiger partial charge in [-0.15, -0.1) is 0 Å². The van der Waals surface area contributed by atoms with E-state index in [9.17, 15) is 4.79 Å². The molecule has 110 valence electrons. The van der Waals surface area contributed by atoms with Crippen molar-refractivity contribution in [1.82, 2.24) is 5.32 Å². The number of rotatable bonds is 6. The summed E-state index contributed by atoms with van der Waals surface area (Å²) < 4.78 is 10.8. The molecule has 0 radical (unpaired) electrons. The first-order chi connectivity index (χ1) is 10.2. The van der Waals surface area contributed by atoms with Crippen LogP contribution in [-0.4, -0.2) is 19.6 Å². The molecule has 0 bridgehead atoms. The second-order valence-electron chi connectivity index (χ2n) is 4.45. The number of carbonyl (C=O) groups is 1. The summed E-state index contributed by atoms with van der Waals surface area (Å²) in [6.07, 6.45) is -0.478. The molecule has 1 amide bonds. The third-order valence-corrected chi connectivity index (χ3v) is 3.05. The van der Waals surface area contributed by atoms with Crippen LogP contribution in [0.5, 0.6) is 5.75 Å². The van der Waals surface area contributed by atoms with E-state index in [1.807, 2.05) is 49.4 Å². The van der Waals surface area contributed by atoms with E-state index >= 15 is 0 Å². The lowest BCUT2D eigenvalue weighted by molar-refractivity contribution is 0.0336. The smallest absolute Gasteiger partial charge is 0.253 e. The van der Waals surface area contributed by atoms with E-state index in [0.717, 1.165) is 11.3 Å². The van der Waals surface area contributed by atoms with Gasteiger partial charge in [-0.2, -0.15) is 0 Å². The molecule has 0 saturated carbocycles. The van der Waals surface area contributed by atoms with Crippen LogP contribution in [-0.2, 0) is 4.74 Å². The van der Waals surface area contributed by atoms with Crippen molar-refractivity contribution in [2.24, 2.45) is 0 Å². The Labute approximate surface area is 124 Å². The Morgan fingerprint density at radius 2 is 1.76 bits per heavy atom. The Balaban J connectivity index is 2.13. The van der Waals surface area contributed by atoms with Gasteiger partial charge in [0.2, 0.25) is 0 Å². The zero-order valence-corrected chi connectivity index (χ0v) is 12.2. The molecule has 0 aliphatic rings. The molecule has 4 nitrogen and oxygen atoms in total. The van der Waals surface area contributed by atoms with Crippen molar-refractivity contribution < 1.29 is 14.3 Å². The Morgan fingerprint density at radius 1 is 1.10 bits per heavy atom. The van der Waals surface area contributed by atoms with Gasteiger partial charge in [-0.05, 0) is 31.2 Å². The fraction of sp³-hybridized carbons (Fsp3) is 0.235. The van der Waals surface area contributed by atoms with Crippen LogP contribution in [0.15, 0.2) is 54.6 Å². The molecular weight excluding hydrogens is 266 g/mol. The quantitative estimate of drug-likeness (QED) is 0.829. The lowest BCUT2D eigenvalue weighted by Crippen LogP contribution is -2.30. The minimum atomic E-state index is -0.478. The molecule has 2 aromatic carbocycles. The van der Waals surface area contributed by atoms with Gasteiger partial charge in [-0.3, -0.25) is 4.79 Å². The Hall–Kier alpha value is -2.33. The summed E-state index contributed by atoms with van der Waals surface area (Å²) in [6, 6.07) is 16.5. The molecule has 2 aromatic rings. The zero-order chi connectivity index (χ0) is 15.1. The molecule has 0 heterocycles. The van der Waals surface area contributed by atoms with Crippen molar-refractivity contribution in [1.29, 1.82) is 0 Å². The largest absolute Gasteiger partial charge is 0.497 e. The highest BCUT2D eigenvalue weighted by atomic mass is 16.5. The highest BCUT2D eigenvalue weighted by Crippen LogP contribution is 2.19. The lowest BCUT2D eigenvalue weighted by atomic mass is 10.1. The predicted molar refractivity (Wildman–Crippen MR) is 81.3 cm³/mol. The third kappa shape index (κ3) is 4.07. The average Bonchev–Trinajstić information content (AvgIpc) is 2.55. The first kappa shape index (κ1) is 15.1. The van der Waals surface area contributed by atoms with Gasteiger partial charge in [0.05, 0.1) is 7.11 Å². The molecule has 0 fully saturated rings. The van der Waals surface area contributed by atoms with Crippen LogP contribution in [0, 0.1) is 0 Å². The maximum atomic E-state index is 12.2. The van der Waals surface area contributed by atoms with Crippen LogP contribution < -0.4 is 10.1 Å². The normalized spacial score (nSPS) is 11.7. The topological polar surface area (TPSA) is 47.6 Å². The first-order valence-electron chi connectivity index (χ1n) is 6.86. The average molecular weight is 285 g/mol. The third-order valence-electron chi connectivity index (χ3n) is 3.05. The first-order valence-corrected chi connectivity index (χ1v) is 6.86. The second-order valence-corrected chi connectivity index (χ2v) is 4.45.